The lowest BCUT2D eigenvalue weighted by molar-refractivity contribution is 0.0620. The maximum absolute atomic E-state index is 12.7. The number of carbonyl (C=O) groups excluding carboxylic acids is 1. The van der Waals surface area contributed by atoms with Crippen LogP contribution in [0, 0.1) is 5.92 Å². The summed E-state index contributed by atoms with van der Waals surface area (Å²) >= 11 is 0. The number of aromatic amines is 1. The molecule has 112 valence electrons. The quantitative estimate of drug-likeness (QED) is 0.911. The number of aromatic nitrogens is 1. The van der Waals surface area contributed by atoms with E-state index in [0.29, 0.717) is 12.5 Å². The van der Waals surface area contributed by atoms with Gasteiger partial charge in [-0.25, -0.2) is 0 Å². The molecule has 2 aromatic rings. The zero-order valence-electron chi connectivity index (χ0n) is 12.5. The van der Waals surface area contributed by atoms with Gasteiger partial charge in [0, 0.05) is 35.8 Å². The SMILES string of the molecule is CN(C(=O)c1ccc2[nH]ccc2c1)C1CCCCC1CN. The number of fused-ring (bicyclic) bond motifs is 1. The first-order valence-electron chi connectivity index (χ1n) is 7.75. The molecule has 2 atom stereocenters. The highest BCUT2D eigenvalue weighted by atomic mass is 16.2. The first-order valence-corrected chi connectivity index (χ1v) is 7.75. The van der Waals surface area contributed by atoms with Gasteiger partial charge in [0.1, 0.15) is 0 Å². The molecule has 1 aliphatic rings. The van der Waals surface area contributed by atoms with E-state index in [4.69, 9.17) is 5.73 Å². The number of hydrogen-bond donors (Lipinski definition) is 2. The minimum atomic E-state index is 0.100. The Balaban J connectivity index is 1.82. The van der Waals surface area contributed by atoms with Gasteiger partial charge in [-0.3, -0.25) is 4.79 Å². The second-order valence-electron chi connectivity index (χ2n) is 6.04. The Bertz CT molecular complexity index is 634. The van der Waals surface area contributed by atoms with Crippen LogP contribution in [0.3, 0.4) is 0 Å². The number of nitrogens with one attached hydrogen (secondary N) is 1. The molecular formula is C17H23N3O. The van der Waals surface area contributed by atoms with Crippen molar-refractivity contribution < 1.29 is 4.79 Å². The fraction of sp³-hybridized carbons (Fsp3) is 0.471. The van der Waals surface area contributed by atoms with Gasteiger partial charge in [-0.1, -0.05) is 12.8 Å². The molecule has 1 fully saturated rings. The number of amides is 1. The van der Waals surface area contributed by atoms with E-state index < -0.39 is 0 Å². The van der Waals surface area contributed by atoms with Gasteiger partial charge in [0.05, 0.1) is 0 Å². The molecule has 21 heavy (non-hydrogen) atoms. The lowest BCUT2D eigenvalue weighted by Gasteiger charge is -2.37. The zero-order valence-corrected chi connectivity index (χ0v) is 12.5. The van der Waals surface area contributed by atoms with Gasteiger partial charge < -0.3 is 15.6 Å². The minimum absolute atomic E-state index is 0.100. The smallest absolute Gasteiger partial charge is 0.253 e. The fourth-order valence-corrected chi connectivity index (χ4v) is 3.51. The highest BCUT2D eigenvalue weighted by Crippen LogP contribution is 2.28. The van der Waals surface area contributed by atoms with Crippen LogP contribution in [-0.2, 0) is 0 Å². The summed E-state index contributed by atoms with van der Waals surface area (Å²) in [6.07, 6.45) is 6.52. The molecule has 4 nitrogen and oxygen atoms in total. The average molecular weight is 285 g/mol. The first kappa shape index (κ1) is 14.1. The number of H-pyrrole nitrogens is 1. The minimum Gasteiger partial charge on any atom is -0.361 e. The van der Waals surface area contributed by atoms with Crippen molar-refractivity contribution in [3.63, 3.8) is 0 Å². The third-order valence-electron chi connectivity index (χ3n) is 4.79. The van der Waals surface area contributed by atoms with Crippen LogP contribution < -0.4 is 5.73 Å². The Morgan fingerprint density at radius 3 is 2.95 bits per heavy atom. The second kappa shape index (κ2) is 5.90. The third kappa shape index (κ3) is 2.68. The molecular weight excluding hydrogens is 262 g/mol. The highest BCUT2D eigenvalue weighted by Gasteiger charge is 2.30. The van der Waals surface area contributed by atoms with Crippen LogP contribution in [0.4, 0.5) is 0 Å². The zero-order chi connectivity index (χ0) is 14.8. The van der Waals surface area contributed by atoms with Crippen molar-refractivity contribution in [1.82, 2.24) is 9.88 Å². The van der Waals surface area contributed by atoms with Crippen molar-refractivity contribution >= 4 is 16.8 Å². The molecule has 0 aliphatic heterocycles. The molecule has 3 N–H and O–H groups in total. The molecule has 1 aliphatic carbocycles. The van der Waals surface area contributed by atoms with E-state index in [1.807, 2.05) is 42.4 Å². The van der Waals surface area contributed by atoms with Crippen molar-refractivity contribution in [3.05, 3.63) is 36.0 Å². The van der Waals surface area contributed by atoms with Crippen LogP contribution >= 0.6 is 0 Å². The number of rotatable bonds is 3. The third-order valence-corrected chi connectivity index (χ3v) is 4.79. The van der Waals surface area contributed by atoms with E-state index >= 15 is 0 Å². The highest BCUT2D eigenvalue weighted by molar-refractivity contribution is 5.98. The molecule has 0 radical (unpaired) electrons. The van der Waals surface area contributed by atoms with Gasteiger partial charge in [0.15, 0.2) is 0 Å². The first-order chi connectivity index (χ1) is 10.2. The normalized spacial score (nSPS) is 22.4. The Morgan fingerprint density at radius 2 is 2.14 bits per heavy atom. The van der Waals surface area contributed by atoms with Gasteiger partial charge in [0.2, 0.25) is 0 Å². The fourth-order valence-electron chi connectivity index (χ4n) is 3.51. The predicted molar refractivity (Wildman–Crippen MR) is 85.2 cm³/mol. The van der Waals surface area contributed by atoms with E-state index in [1.165, 1.54) is 12.8 Å². The van der Waals surface area contributed by atoms with Crippen molar-refractivity contribution in [2.75, 3.05) is 13.6 Å². The Morgan fingerprint density at radius 1 is 1.33 bits per heavy atom. The molecule has 3 rings (SSSR count). The summed E-state index contributed by atoms with van der Waals surface area (Å²) in [5, 5.41) is 1.08. The van der Waals surface area contributed by atoms with E-state index in [1.54, 1.807) is 0 Å². The predicted octanol–water partition coefficient (Wildman–Crippen LogP) is 2.76. The van der Waals surface area contributed by atoms with Crippen LogP contribution in [0.1, 0.15) is 36.0 Å². The molecule has 1 heterocycles. The van der Waals surface area contributed by atoms with E-state index in [-0.39, 0.29) is 11.9 Å². The molecule has 2 unspecified atom stereocenters. The summed E-state index contributed by atoms with van der Waals surface area (Å²) in [6.45, 7) is 0.666. The molecule has 1 saturated carbocycles. The van der Waals surface area contributed by atoms with E-state index in [0.717, 1.165) is 29.3 Å². The number of carbonyl (C=O) groups is 1. The topological polar surface area (TPSA) is 62.1 Å². The summed E-state index contributed by atoms with van der Waals surface area (Å²) < 4.78 is 0. The number of hydrogen-bond acceptors (Lipinski definition) is 2. The van der Waals surface area contributed by atoms with Crippen molar-refractivity contribution in [2.24, 2.45) is 11.7 Å². The maximum Gasteiger partial charge on any atom is 0.253 e. The molecule has 4 heteroatoms. The maximum atomic E-state index is 12.7. The van der Waals surface area contributed by atoms with Crippen molar-refractivity contribution in [2.45, 2.75) is 31.7 Å². The summed E-state index contributed by atoms with van der Waals surface area (Å²) in [4.78, 5) is 17.8. The average Bonchev–Trinajstić information content (AvgIpc) is 3.00. The second-order valence-corrected chi connectivity index (χ2v) is 6.04. The van der Waals surface area contributed by atoms with Gasteiger partial charge in [-0.2, -0.15) is 0 Å². The van der Waals surface area contributed by atoms with Crippen LogP contribution in [0.25, 0.3) is 10.9 Å². The molecule has 0 bridgehead atoms. The van der Waals surface area contributed by atoms with Crippen molar-refractivity contribution in [1.29, 1.82) is 0 Å². The number of nitrogens with two attached hydrogens (primary N) is 1. The number of benzene rings is 1. The van der Waals surface area contributed by atoms with Crippen LogP contribution in [0.2, 0.25) is 0 Å². The lowest BCUT2D eigenvalue weighted by atomic mass is 9.83. The van der Waals surface area contributed by atoms with Crippen LogP contribution in [0.5, 0.6) is 0 Å². The molecule has 1 aromatic carbocycles. The van der Waals surface area contributed by atoms with Gasteiger partial charge in [-0.05, 0) is 49.6 Å². The summed E-state index contributed by atoms with van der Waals surface area (Å²) in [7, 11) is 1.92. The van der Waals surface area contributed by atoms with Crippen LogP contribution in [0.15, 0.2) is 30.5 Å². The van der Waals surface area contributed by atoms with E-state index in [2.05, 4.69) is 4.98 Å². The Kier molecular flexibility index (Phi) is 3.97. The Hall–Kier alpha value is -1.81. The van der Waals surface area contributed by atoms with Crippen molar-refractivity contribution in [3.8, 4) is 0 Å². The molecule has 0 saturated heterocycles. The summed E-state index contributed by atoms with van der Waals surface area (Å²) in [6, 6.07) is 8.11. The molecule has 1 aromatic heterocycles. The lowest BCUT2D eigenvalue weighted by Crippen LogP contribution is -2.45. The monoisotopic (exact) mass is 285 g/mol. The van der Waals surface area contributed by atoms with E-state index in [9.17, 15) is 4.79 Å². The molecule has 1 amide bonds. The van der Waals surface area contributed by atoms with Crippen LogP contribution in [-0.4, -0.2) is 35.4 Å². The summed E-state index contributed by atoms with van der Waals surface area (Å²) in [5.41, 5.74) is 7.71. The summed E-state index contributed by atoms with van der Waals surface area (Å²) in [5.74, 6) is 0.534. The van der Waals surface area contributed by atoms with Gasteiger partial charge in [0.25, 0.3) is 5.91 Å². The standard InChI is InChI=1S/C17H23N3O/c1-20(16-5-3-2-4-14(16)11-18)17(21)13-6-7-15-12(10-13)8-9-19-15/h6-10,14,16,19H,2-5,11,18H2,1H3. The number of nitrogens with zero attached hydrogens (tertiary/aromatic N) is 1. The molecule has 0 spiro atoms. The van der Waals surface area contributed by atoms with Gasteiger partial charge in [-0.15, -0.1) is 0 Å². The largest absolute Gasteiger partial charge is 0.361 e. The Labute approximate surface area is 125 Å². The van der Waals surface area contributed by atoms with Gasteiger partial charge >= 0.3 is 0 Å².